The van der Waals surface area contributed by atoms with Crippen LogP contribution in [0, 0.1) is 28.9 Å². The number of hydrogen-bond acceptors (Lipinski definition) is 4. The molecule has 2 aromatic heterocycles. The minimum Gasteiger partial charge on any atom is -0.344 e. The van der Waals surface area contributed by atoms with Gasteiger partial charge in [0.15, 0.2) is 5.69 Å². The van der Waals surface area contributed by atoms with E-state index in [1.807, 2.05) is 0 Å². The third kappa shape index (κ3) is 4.38. The molecule has 2 heterocycles. The number of halogens is 5. The third-order valence-electron chi connectivity index (χ3n) is 6.53. The largest absolute Gasteiger partial charge is 0.433 e. The van der Waals surface area contributed by atoms with Crippen LogP contribution in [0.3, 0.4) is 0 Å². The number of benzene rings is 1. The second-order valence-corrected chi connectivity index (χ2v) is 11.0. The van der Waals surface area contributed by atoms with Crippen LogP contribution in [-0.2, 0) is 22.7 Å². The standard InChI is InChI=1S/C23H19F5N4O2S/c24-14-5-19(22(30-10-14)23(26,27)28)18-7-21-17(6-20(18)25)13(9-31-35(33,34)16-1-2-16)11-32(21)15-3-12(4-15)8-29/h5-7,10-12,15-16,31H,1-4,9H2. The minimum atomic E-state index is -4.94. The van der Waals surface area contributed by atoms with Crippen LogP contribution in [0.2, 0.25) is 0 Å². The van der Waals surface area contributed by atoms with Crippen molar-refractivity contribution in [1.82, 2.24) is 14.3 Å². The van der Waals surface area contributed by atoms with Crippen molar-refractivity contribution in [3.05, 3.63) is 53.5 Å². The Morgan fingerprint density at radius 1 is 1.14 bits per heavy atom. The number of aromatic nitrogens is 2. The highest BCUT2D eigenvalue weighted by molar-refractivity contribution is 7.90. The van der Waals surface area contributed by atoms with Crippen LogP contribution >= 0.6 is 0 Å². The van der Waals surface area contributed by atoms with E-state index in [0.29, 0.717) is 54.4 Å². The lowest BCUT2D eigenvalue weighted by molar-refractivity contribution is -0.140. The summed E-state index contributed by atoms with van der Waals surface area (Å²) in [6.07, 6.45) is -0.758. The second-order valence-electron chi connectivity index (χ2n) is 8.98. The van der Waals surface area contributed by atoms with Crippen LogP contribution in [0.4, 0.5) is 22.0 Å². The van der Waals surface area contributed by atoms with Crippen molar-refractivity contribution < 1.29 is 30.4 Å². The molecule has 6 nitrogen and oxygen atoms in total. The Balaban J connectivity index is 1.63. The fraction of sp³-hybridized carbons (Fsp3) is 0.391. The number of sulfonamides is 1. The highest BCUT2D eigenvalue weighted by atomic mass is 32.2. The zero-order valence-electron chi connectivity index (χ0n) is 18.1. The van der Waals surface area contributed by atoms with Crippen molar-refractivity contribution in [3.8, 4) is 17.2 Å². The Hall–Kier alpha value is -3.04. The van der Waals surface area contributed by atoms with Gasteiger partial charge >= 0.3 is 6.18 Å². The van der Waals surface area contributed by atoms with Gasteiger partial charge in [0.1, 0.15) is 11.6 Å². The van der Waals surface area contributed by atoms with E-state index in [9.17, 15) is 26.0 Å². The summed E-state index contributed by atoms with van der Waals surface area (Å²) in [5, 5.41) is 9.00. The van der Waals surface area contributed by atoms with Crippen molar-refractivity contribution in [2.75, 3.05) is 0 Å². The van der Waals surface area contributed by atoms with E-state index in [4.69, 9.17) is 5.26 Å². The average molecular weight is 510 g/mol. The van der Waals surface area contributed by atoms with E-state index in [1.54, 1.807) is 10.8 Å². The highest BCUT2D eigenvalue weighted by Crippen LogP contribution is 2.43. The van der Waals surface area contributed by atoms with Crippen LogP contribution < -0.4 is 4.72 Å². The van der Waals surface area contributed by atoms with Gasteiger partial charge in [0.2, 0.25) is 10.0 Å². The Morgan fingerprint density at radius 2 is 1.86 bits per heavy atom. The van der Waals surface area contributed by atoms with Gasteiger partial charge in [0.05, 0.1) is 23.4 Å². The summed E-state index contributed by atoms with van der Waals surface area (Å²) < 4.78 is 98.5. The molecule has 0 aliphatic heterocycles. The summed E-state index contributed by atoms with van der Waals surface area (Å²) in [6.45, 7) is -0.120. The number of nitrogens with zero attached hydrogens (tertiary/aromatic N) is 3. The molecule has 2 aliphatic carbocycles. The molecule has 0 spiro atoms. The van der Waals surface area contributed by atoms with Crippen LogP contribution in [0.25, 0.3) is 22.0 Å². The molecule has 1 aromatic carbocycles. The van der Waals surface area contributed by atoms with Crippen molar-refractivity contribution >= 4 is 20.9 Å². The van der Waals surface area contributed by atoms with Gasteiger partial charge in [-0.2, -0.15) is 18.4 Å². The molecule has 0 saturated heterocycles. The lowest BCUT2D eigenvalue weighted by Gasteiger charge is -2.32. The van der Waals surface area contributed by atoms with Gasteiger partial charge in [-0.15, -0.1) is 0 Å². The van der Waals surface area contributed by atoms with Gasteiger partial charge in [0, 0.05) is 40.8 Å². The Kier molecular flexibility index (Phi) is 5.60. The molecule has 0 bridgehead atoms. The molecule has 2 saturated carbocycles. The quantitative estimate of drug-likeness (QED) is 0.470. The monoisotopic (exact) mass is 510 g/mol. The molecule has 12 heteroatoms. The van der Waals surface area contributed by atoms with E-state index < -0.39 is 49.9 Å². The Labute approximate surface area is 197 Å². The molecular formula is C23H19F5N4O2S. The van der Waals surface area contributed by atoms with Crippen LogP contribution in [0.1, 0.15) is 43.0 Å². The summed E-state index contributed by atoms with van der Waals surface area (Å²) in [6, 6.07) is 4.82. The van der Waals surface area contributed by atoms with Gasteiger partial charge in [-0.05, 0) is 49.4 Å². The number of nitriles is 1. The molecular weight excluding hydrogens is 491 g/mol. The predicted octanol–water partition coefficient (Wildman–Crippen LogP) is 5.06. The second kappa shape index (κ2) is 8.27. The molecule has 184 valence electrons. The number of nitrogens with one attached hydrogen (secondary N) is 1. The van der Waals surface area contributed by atoms with Crippen molar-refractivity contribution in [2.45, 2.75) is 49.7 Å². The lowest BCUT2D eigenvalue weighted by Crippen LogP contribution is -2.27. The molecule has 35 heavy (non-hydrogen) atoms. The maximum atomic E-state index is 15.2. The van der Waals surface area contributed by atoms with E-state index >= 15 is 4.39 Å². The zero-order chi connectivity index (χ0) is 25.1. The van der Waals surface area contributed by atoms with Crippen LogP contribution in [0.5, 0.6) is 0 Å². The molecule has 2 aliphatic rings. The SMILES string of the molecule is N#CC1CC(n2cc(CNS(=O)(=O)C3CC3)c3cc(F)c(-c4cc(F)cnc4C(F)(F)F)cc32)C1. The van der Waals surface area contributed by atoms with E-state index in [1.165, 1.54) is 6.07 Å². The smallest absolute Gasteiger partial charge is 0.344 e. The molecule has 2 fully saturated rings. The maximum Gasteiger partial charge on any atom is 0.433 e. The lowest BCUT2D eigenvalue weighted by atomic mass is 9.81. The third-order valence-corrected chi connectivity index (χ3v) is 8.43. The number of hydrogen-bond donors (Lipinski definition) is 1. The van der Waals surface area contributed by atoms with Crippen LogP contribution in [0.15, 0.2) is 30.6 Å². The topological polar surface area (TPSA) is 87.8 Å². The minimum absolute atomic E-state index is 0.120. The van der Waals surface area contributed by atoms with Gasteiger partial charge < -0.3 is 4.57 Å². The number of pyridine rings is 1. The molecule has 3 aromatic rings. The van der Waals surface area contributed by atoms with Gasteiger partial charge in [0.25, 0.3) is 0 Å². The molecule has 0 radical (unpaired) electrons. The van der Waals surface area contributed by atoms with E-state index in [2.05, 4.69) is 15.8 Å². The van der Waals surface area contributed by atoms with Crippen LogP contribution in [-0.4, -0.2) is 23.2 Å². The number of rotatable bonds is 6. The Morgan fingerprint density at radius 3 is 2.49 bits per heavy atom. The predicted molar refractivity (Wildman–Crippen MR) is 116 cm³/mol. The fourth-order valence-corrected chi connectivity index (χ4v) is 5.80. The summed E-state index contributed by atoms with van der Waals surface area (Å²) in [5.41, 5.74) is -1.81. The number of alkyl halides is 3. The first kappa shape index (κ1) is 23.7. The van der Waals surface area contributed by atoms with E-state index in [0.717, 1.165) is 6.07 Å². The molecule has 0 amide bonds. The summed E-state index contributed by atoms with van der Waals surface area (Å²) >= 11 is 0. The highest BCUT2D eigenvalue weighted by Gasteiger charge is 2.38. The Bertz CT molecular complexity index is 1470. The first-order valence-electron chi connectivity index (χ1n) is 10.9. The zero-order valence-corrected chi connectivity index (χ0v) is 18.9. The van der Waals surface area contributed by atoms with Gasteiger partial charge in [-0.25, -0.2) is 26.9 Å². The van der Waals surface area contributed by atoms with Crippen molar-refractivity contribution in [1.29, 1.82) is 5.26 Å². The summed E-state index contributed by atoms with van der Waals surface area (Å²) in [5.74, 6) is -2.25. The first-order chi connectivity index (χ1) is 16.5. The number of fused-ring (bicyclic) bond motifs is 1. The first-order valence-corrected chi connectivity index (χ1v) is 12.5. The fourth-order valence-electron chi connectivity index (χ4n) is 4.45. The van der Waals surface area contributed by atoms with Crippen molar-refractivity contribution in [3.63, 3.8) is 0 Å². The normalized spacial score (nSPS) is 20.6. The molecule has 1 N–H and O–H groups in total. The summed E-state index contributed by atoms with van der Waals surface area (Å²) in [4.78, 5) is 3.15. The molecule has 0 atom stereocenters. The molecule has 0 unspecified atom stereocenters. The van der Waals surface area contributed by atoms with Gasteiger partial charge in [-0.1, -0.05) is 0 Å². The molecule has 5 rings (SSSR count). The van der Waals surface area contributed by atoms with E-state index in [-0.39, 0.29) is 18.5 Å². The average Bonchev–Trinajstić information content (AvgIpc) is 3.55. The van der Waals surface area contributed by atoms with Crippen molar-refractivity contribution in [2.24, 2.45) is 5.92 Å². The maximum absolute atomic E-state index is 15.2. The summed E-state index contributed by atoms with van der Waals surface area (Å²) in [7, 11) is -3.53. The van der Waals surface area contributed by atoms with Gasteiger partial charge in [-0.3, -0.25) is 0 Å².